The van der Waals surface area contributed by atoms with Gasteiger partial charge in [0.2, 0.25) is 0 Å². The molecule has 0 bridgehead atoms. The molecule has 7 heteroatoms. The minimum absolute atomic E-state index is 0. The predicted molar refractivity (Wildman–Crippen MR) is 93.8 cm³/mol. The van der Waals surface area contributed by atoms with Crippen molar-refractivity contribution in [2.75, 3.05) is 12.4 Å². The van der Waals surface area contributed by atoms with Crippen LogP contribution in [0, 0.1) is 0 Å². The summed E-state index contributed by atoms with van der Waals surface area (Å²) in [5.74, 6) is 0.772. The Morgan fingerprint density at radius 2 is 1.87 bits per heavy atom. The molecule has 0 saturated carbocycles. The highest BCUT2D eigenvalue weighted by Crippen LogP contribution is 2.33. The number of hydrogen-bond donors (Lipinski definition) is 1. The molecular weight excluding hydrogens is 419 g/mol. The van der Waals surface area contributed by atoms with Gasteiger partial charge in [-0.2, -0.15) is 0 Å². The van der Waals surface area contributed by atoms with E-state index in [0.29, 0.717) is 10.0 Å². The highest BCUT2D eigenvalue weighted by molar-refractivity contribution is 7.14. The van der Waals surface area contributed by atoms with Crippen LogP contribution in [0.4, 0.5) is 10.8 Å². The molecule has 0 aliphatic heterocycles. The van der Waals surface area contributed by atoms with Gasteiger partial charge in [-0.05, 0) is 24.3 Å². The zero-order valence-corrected chi connectivity index (χ0v) is 15.9. The highest BCUT2D eigenvalue weighted by atomic mass is 79.9. The second kappa shape index (κ2) is 8.02. The first-order chi connectivity index (χ1) is 10.7. The first kappa shape index (κ1) is 18.1. The summed E-state index contributed by atoms with van der Waals surface area (Å²) in [6.07, 6.45) is 0. The van der Waals surface area contributed by atoms with Gasteiger partial charge >= 0.3 is 0 Å². The molecule has 0 amide bonds. The summed E-state index contributed by atoms with van der Waals surface area (Å²) in [5.41, 5.74) is 2.65. The van der Waals surface area contributed by atoms with Crippen molar-refractivity contribution in [3.05, 3.63) is 57.9 Å². The maximum Gasteiger partial charge on any atom is 0.187 e. The van der Waals surface area contributed by atoms with Crippen LogP contribution in [0.25, 0.3) is 11.3 Å². The van der Waals surface area contributed by atoms with Gasteiger partial charge in [0.1, 0.15) is 5.75 Å². The Hall–Kier alpha value is -1.27. The number of thiazole rings is 1. The molecular formula is C16H12BrCl2N2OS-. The van der Waals surface area contributed by atoms with Gasteiger partial charge in [0.15, 0.2) is 5.13 Å². The van der Waals surface area contributed by atoms with Crippen LogP contribution in [-0.4, -0.2) is 12.1 Å². The van der Waals surface area contributed by atoms with Crippen LogP contribution in [0.1, 0.15) is 0 Å². The van der Waals surface area contributed by atoms with Crippen LogP contribution in [0.2, 0.25) is 10.0 Å². The molecule has 0 atom stereocenters. The van der Waals surface area contributed by atoms with Crippen LogP contribution in [0.5, 0.6) is 5.75 Å². The number of hydrogen-bond acceptors (Lipinski definition) is 4. The molecule has 0 saturated heterocycles. The Labute approximate surface area is 159 Å². The molecule has 1 N–H and O–H groups in total. The number of benzene rings is 2. The smallest absolute Gasteiger partial charge is 0.187 e. The summed E-state index contributed by atoms with van der Waals surface area (Å²) < 4.78 is 5.32. The molecule has 3 nitrogen and oxygen atoms in total. The van der Waals surface area contributed by atoms with Crippen molar-refractivity contribution in [3.63, 3.8) is 0 Å². The monoisotopic (exact) mass is 429 g/mol. The number of nitrogens with one attached hydrogen (secondary N) is 1. The molecule has 0 unspecified atom stereocenters. The molecule has 120 valence electrons. The number of ether oxygens (including phenoxy) is 1. The lowest BCUT2D eigenvalue weighted by Gasteiger charge is -2.08. The van der Waals surface area contributed by atoms with Crippen molar-refractivity contribution in [2.24, 2.45) is 0 Å². The lowest BCUT2D eigenvalue weighted by Crippen LogP contribution is -3.00. The molecule has 3 rings (SSSR count). The number of halogens is 3. The Morgan fingerprint density at radius 1 is 1.09 bits per heavy atom. The third kappa shape index (κ3) is 4.18. The summed E-state index contributed by atoms with van der Waals surface area (Å²) >= 11 is 13.5. The van der Waals surface area contributed by atoms with E-state index in [1.807, 2.05) is 41.8 Å². The Balaban J connectivity index is 0.00000192. The molecule has 0 aliphatic rings. The number of aromatic nitrogens is 1. The number of para-hydroxylation sites is 2. The molecule has 1 heterocycles. The SMILES string of the molecule is COc1ccccc1Nc1nc(-c2ccc(Cl)c(Cl)c2)cs1.[Br-]. The van der Waals surface area contributed by atoms with Gasteiger partial charge in [-0.15, -0.1) is 11.3 Å². The maximum absolute atomic E-state index is 6.05. The van der Waals surface area contributed by atoms with E-state index in [9.17, 15) is 0 Å². The van der Waals surface area contributed by atoms with Crippen molar-refractivity contribution in [3.8, 4) is 17.0 Å². The Kier molecular flexibility index (Phi) is 6.30. The highest BCUT2D eigenvalue weighted by Gasteiger charge is 2.08. The van der Waals surface area contributed by atoms with Crippen LogP contribution in [0.15, 0.2) is 47.8 Å². The van der Waals surface area contributed by atoms with Gasteiger partial charge in [0, 0.05) is 10.9 Å². The summed E-state index contributed by atoms with van der Waals surface area (Å²) in [5, 5.41) is 7.07. The second-order valence-corrected chi connectivity index (χ2v) is 6.16. The van der Waals surface area contributed by atoms with E-state index in [4.69, 9.17) is 27.9 Å². The van der Waals surface area contributed by atoms with Crippen molar-refractivity contribution < 1.29 is 21.7 Å². The normalized spacial score (nSPS) is 10.0. The van der Waals surface area contributed by atoms with Crippen molar-refractivity contribution in [2.45, 2.75) is 0 Å². The van der Waals surface area contributed by atoms with Crippen molar-refractivity contribution in [1.29, 1.82) is 0 Å². The van der Waals surface area contributed by atoms with E-state index in [1.165, 1.54) is 11.3 Å². The average Bonchev–Trinajstić information content (AvgIpc) is 2.99. The van der Waals surface area contributed by atoms with E-state index in [-0.39, 0.29) is 17.0 Å². The van der Waals surface area contributed by atoms with E-state index < -0.39 is 0 Å². The minimum Gasteiger partial charge on any atom is -1.00 e. The van der Waals surface area contributed by atoms with Crippen LogP contribution >= 0.6 is 34.5 Å². The third-order valence-electron chi connectivity index (χ3n) is 3.07. The maximum atomic E-state index is 6.05. The summed E-state index contributed by atoms with van der Waals surface area (Å²) in [7, 11) is 1.64. The number of rotatable bonds is 4. The van der Waals surface area contributed by atoms with Crippen LogP contribution < -0.4 is 27.0 Å². The number of nitrogens with zero attached hydrogens (tertiary/aromatic N) is 1. The molecule has 3 aromatic rings. The molecule has 0 radical (unpaired) electrons. The third-order valence-corrected chi connectivity index (χ3v) is 4.56. The largest absolute Gasteiger partial charge is 1.00 e. The molecule has 0 aliphatic carbocycles. The van der Waals surface area contributed by atoms with E-state index in [2.05, 4.69) is 10.3 Å². The zero-order chi connectivity index (χ0) is 15.5. The van der Waals surface area contributed by atoms with Crippen molar-refractivity contribution >= 4 is 45.4 Å². The molecule has 0 spiro atoms. The predicted octanol–water partition coefficient (Wildman–Crippen LogP) is 2.87. The Morgan fingerprint density at radius 3 is 2.61 bits per heavy atom. The second-order valence-electron chi connectivity index (χ2n) is 4.49. The number of anilines is 2. The van der Waals surface area contributed by atoms with Gasteiger partial charge in [-0.3, -0.25) is 0 Å². The fraction of sp³-hybridized carbons (Fsp3) is 0.0625. The summed E-state index contributed by atoms with van der Waals surface area (Å²) in [4.78, 5) is 4.57. The standard InChI is InChI=1S/C16H12Cl2N2OS.BrH/c1-21-15-5-3-2-4-13(15)19-16-20-14(9-22-16)10-6-7-11(17)12(18)8-10;/h2-9H,1H3,(H,19,20);1H/p-1. The lowest BCUT2D eigenvalue weighted by atomic mass is 10.2. The molecule has 1 aromatic heterocycles. The Bertz CT molecular complexity index is 810. The van der Waals surface area contributed by atoms with E-state index in [0.717, 1.165) is 27.8 Å². The topological polar surface area (TPSA) is 34.1 Å². The molecule has 23 heavy (non-hydrogen) atoms. The van der Waals surface area contributed by atoms with Crippen LogP contribution in [0.3, 0.4) is 0 Å². The van der Waals surface area contributed by atoms with Gasteiger partial charge in [0.25, 0.3) is 0 Å². The molecule has 2 aromatic carbocycles. The lowest BCUT2D eigenvalue weighted by molar-refractivity contribution is -0.00000441. The van der Waals surface area contributed by atoms with Gasteiger partial charge in [-0.25, -0.2) is 4.98 Å². The van der Waals surface area contributed by atoms with Gasteiger partial charge in [-0.1, -0.05) is 41.4 Å². The van der Waals surface area contributed by atoms with Crippen molar-refractivity contribution in [1.82, 2.24) is 4.98 Å². The van der Waals surface area contributed by atoms with Gasteiger partial charge < -0.3 is 27.0 Å². The fourth-order valence-electron chi connectivity index (χ4n) is 1.98. The fourth-order valence-corrected chi connectivity index (χ4v) is 3.01. The quantitative estimate of drug-likeness (QED) is 0.690. The molecule has 0 fully saturated rings. The first-order valence-corrected chi connectivity index (χ1v) is 8.12. The first-order valence-electron chi connectivity index (χ1n) is 6.48. The average molecular weight is 431 g/mol. The van der Waals surface area contributed by atoms with E-state index >= 15 is 0 Å². The summed E-state index contributed by atoms with van der Waals surface area (Å²) in [6.45, 7) is 0. The minimum atomic E-state index is 0. The number of methoxy groups -OCH3 is 1. The zero-order valence-electron chi connectivity index (χ0n) is 12.0. The summed E-state index contributed by atoms with van der Waals surface area (Å²) in [6, 6.07) is 13.2. The van der Waals surface area contributed by atoms with E-state index in [1.54, 1.807) is 13.2 Å². The van der Waals surface area contributed by atoms with Crippen LogP contribution in [-0.2, 0) is 0 Å². The van der Waals surface area contributed by atoms with Gasteiger partial charge in [0.05, 0.1) is 28.5 Å².